The van der Waals surface area contributed by atoms with E-state index in [0.717, 1.165) is 28.3 Å². The number of halogens is 1. The molecule has 0 aliphatic carbocycles. The normalized spacial score (nSPS) is 17.5. The molecular weight excluding hydrogens is 436 g/mol. The minimum atomic E-state index is -3.62. The third-order valence-corrected chi connectivity index (χ3v) is 7.25. The third kappa shape index (κ3) is 4.21. The molecular formula is C23H21ClN2O4S. The van der Waals surface area contributed by atoms with Gasteiger partial charge in [0.25, 0.3) is 0 Å². The zero-order valence-electron chi connectivity index (χ0n) is 16.6. The van der Waals surface area contributed by atoms with Crippen LogP contribution in [0.1, 0.15) is 11.1 Å². The van der Waals surface area contributed by atoms with Crippen LogP contribution in [0.25, 0.3) is 0 Å². The molecule has 3 aromatic carbocycles. The second-order valence-electron chi connectivity index (χ2n) is 7.68. The van der Waals surface area contributed by atoms with Crippen molar-refractivity contribution in [1.82, 2.24) is 4.72 Å². The molecule has 2 heterocycles. The summed E-state index contributed by atoms with van der Waals surface area (Å²) in [5.74, 6) is 1.47. The Balaban J connectivity index is 1.42. The van der Waals surface area contributed by atoms with Crippen LogP contribution in [0.15, 0.2) is 71.6 Å². The molecule has 0 bridgehead atoms. The summed E-state index contributed by atoms with van der Waals surface area (Å²) in [6.07, 6.45) is 0.569. The fourth-order valence-corrected chi connectivity index (χ4v) is 5.54. The molecule has 1 atom stereocenters. The van der Waals surface area contributed by atoms with Gasteiger partial charge in [0, 0.05) is 29.8 Å². The van der Waals surface area contributed by atoms with Crippen molar-refractivity contribution in [3.05, 3.63) is 82.9 Å². The Morgan fingerprint density at radius 1 is 1.00 bits per heavy atom. The van der Waals surface area contributed by atoms with E-state index in [1.165, 1.54) is 0 Å². The SMILES string of the molecule is O=S(=O)(NC1Cc2cc(Cl)ccc2N(Cc2ccc3c(c2)OCO3)C1)c1ccccc1. The number of hydrogen-bond acceptors (Lipinski definition) is 5. The number of sulfonamides is 1. The summed E-state index contributed by atoms with van der Waals surface area (Å²) in [4.78, 5) is 2.43. The van der Waals surface area contributed by atoms with Gasteiger partial charge >= 0.3 is 0 Å². The minimum absolute atomic E-state index is 0.229. The first-order valence-electron chi connectivity index (χ1n) is 9.97. The molecule has 8 heteroatoms. The molecule has 5 rings (SSSR count). The van der Waals surface area contributed by atoms with Crippen molar-refractivity contribution >= 4 is 27.3 Å². The molecule has 0 radical (unpaired) electrons. The van der Waals surface area contributed by atoms with Gasteiger partial charge in [0.2, 0.25) is 16.8 Å². The van der Waals surface area contributed by atoms with Gasteiger partial charge in [0.1, 0.15) is 0 Å². The average molecular weight is 457 g/mol. The molecule has 0 spiro atoms. The molecule has 0 aromatic heterocycles. The van der Waals surface area contributed by atoms with Crippen LogP contribution in [-0.2, 0) is 23.0 Å². The number of hydrogen-bond donors (Lipinski definition) is 1. The smallest absolute Gasteiger partial charge is 0.240 e. The van der Waals surface area contributed by atoms with E-state index in [1.807, 2.05) is 36.4 Å². The van der Waals surface area contributed by atoms with Gasteiger partial charge in [-0.1, -0.05) is 35.9 Å². The van der Waals surface area contributed by atoms with E-state index in [0.29, 0.717) is 24.5 Å². The van der Waals surface area contributed by atoms with Gasteiger partial charge in [0.15, 0.2) is 11.5 Å². The van der Waals surface area contributed by atoms with Gasteiger partial charge in [-0.05, 0) is 60.0 Å². The number of rotatable bonds is 5. The highest BCUT2D eigenvalue weighted by molar-refractivity contribution is 7.89. The predicted molar refractivity (Wildman–Crippen MR) is 119 cm³/mol. The Hall–Kier alpha value is -2.74. The van der Waals surface area contributed by atoms with E-state index >= 15 is 0 Å². The van der Waals surface area contributed by atoms with E-state index in [-0.39, 0.29) is 17.7 Å². The van der Waals surface area contributed by atoms with Gasteiger partial charge in [-0.15, -0.1) is 0 Å². The second kappa shape index (κ2) is 8.07. The van der Waals surface area contributed by atoms with Crippen LogP contribution < -0.4 is 19.1 Å². The lowest BCUT2D eigenvalue weighted by molar-refractivity contribution is 0.174. The molecule has 1 unspecified atom stereocenters. The van der Waals surface area contributed by atoms with Crippen molar-refractivity contribution in [1.29, 1.82) is 0 Å². The monoisotopic (exact) mass is 456 g/mol. The largest absolute Gasteiger partial charge is 0.454 e. The first-order chi connectivity index (χ1) is 15.0. The standard InChI is InChI=1S/C23H21ClN2O4S/c24-18-7-8-21-17(11-18)12-19(25-31(27,28)20-4-2-1-3-5-20)14-26(21)13-16-6-9-22-23(10-16)30-15-29-22/h1-11,19,25H,12-15H2. The van der Waals surface area contributed by atoms with E-state index in [4.69, 9.17) is 21.1 Å². The maximum atomic E-state index is 12.9. The molecule has 0 saturated heterocycles. The Bertz CT molecular complexity index is 1220. The lowest BCUT2D eigenvalue weighted by Gasteiger charge is -2.36. The van der Waals surface area contributed by atoms with Crippen molar-refractivity contribution < 1.29 is 17.9 Å². The highest BCUT2D eigenvalue weighted by Gasteiger charge is 2.29. The summed E-state index contributed by atoms with van der Waals surface area (Å²) in [6, 6.07) is 19.8. The lowest BCUT2D eigenvalue weighted by atomic mass is 9.98. The number of nitrogens with zero attached hydrogens (tertiary/aromatic N) is 1. The number of benzene rings is 3. The van der Waals surface area contributed by atoms with Crippen molar-refractivity contribution in [2.45, 2.75) is 23.9 Å². The Kier molecular flexibility index (Phi) is 5.25. The van der Waals surface area contributed by atoms with Gasteiger partial charge in [-0.2, -0.15) is 0 Å². The summed E-state index contributed by atoms with van der Waals surface area (Å²) in [7, 11) is -3.62. The Morgan fingerprint density at radius 3 is 2.65 bits per heavy atom. The molecule has 2 aliphatic rings. The van der Waals surface area contributed by atoms with Crippen molar-refractivity contribution in [3.63, 3.8) is 0 Å². The van der Waals surface area contributed by atoms with Gasteiger partial charge < -0.3 is 14.4 Å². The highest BCUT2D eigenvalue weighted by atomic mass is 35.5. The van der Waals surface area contributed by atoms with Crippen LogP contribution in [0, 0.1) is 0 Å². The average Bonchev–Trinajstić information content (AvgIpc) is 3.22. The summed E-state index contributed by atoms with van der Waals surface area (Å²) < 4.78 is 39.5. The summed E-state index contributed by atoms with van der Waals surface area (Å²) in [5, 5.41) is 0.633. The van der Waals surface area contributed by atoms with Crippen LogP contribution in [0.5, 0.6) is 11.5 Å². The van der Waals surface area contributed by atoms with Crippen molar-refractivity contribution in [2.24, 2.45) is 0 Å². The molecule has 3 aromatic rings. The van der Waals surface area contributed by atoms with Crippen LogP contribution in [0.3, 0.4) is 0 Å². The van der Waals surface area contributed by atoms with E-state index in [1.54, 1.807) is 30.3 Å². The van der Waals surface area contributed by atoms with E-state index < -0.39 is 10.0 Å². The molecule has 2 aliphatic heterocycles. The van der Waals surface area contributed by atoms with Crippen molar-refractivity contribution in [2.75, 3.05) is 18.2 Å². The van der Waals surface area contributed by atoms with Crippen LogP contribution >= 0.6 is 11.6 Å². The zero-order valence-corrected chi connectivity index (χ0v) is 18.2. The van der Waals surface area contributed by atoms with Gasteiger partial charge in [-0.3, -0.25) is 0 Å². The summed E-state index contributed by atoms with van der Waals surface area (Å²) in [5.41, 5.74) is 3.12. The van der Waals surface area contributed by atoms with Crippen LogP contribution in [0.4, 0.5) is 5.69 Å². The topological polar surface area (TPSA) is 67.9 Å². The summed E-state index contributed by atoms with van der Waals surface area (Å²) >= 11 is 6.24. The first-order valence-corrected chi connectivity index (χ1v) is 11.8. The quantitative estimate of drug-likeness (QED) is 0.629. The summed E-state index contributed by atoms with van der Waals surface area (Å²) in [6.45, 7) is 1.37. The molecule has 6 nitrogen and oxygen atoms in total. The molecule has 160 valence electrons. The highest BCUT2D eigenvalue weighted by Crippen LogP contribution is 2.35. The van der Waals surface area contributed by atoms with Crippen molar-refractivity contribution in [3.8, 4) is 11.5 Å². The number of fused-ring (bicyclic) bond motifs is 2. The zero-order chi connectivity index (χ0) is 21.4. The third-order valence-electron chi connectivity index (χ3n) is 5.48. The first kappa shape index (κ1) is 20.2. The Morgan fingerprint density at radius 2 is 1.81 bits per heavy atom. The van der Waals surface area contributed by atoms with Crippen LogP contribution in [-0.4, -0.2) is 27.8 Å². The molecule has 31 heavy (non-hydrogen) atoms. The molecule has 1 N–H and O–H groups in total. The second-order valence-corrected chi connectivity index (χ2v) is 9.83. The maximum Gasteiger partial charge on any atom is 0.240 e. The fourth-order valence-electron chi connectivity index (χ4n) is 4.10. The molecule has 0 saturated carbocycles. The number of ether oxygens (including phenoxy) is 2. The van der Waals surface area contributed by atoms with E-state index in [9.17, 15) is 8.42 Å². The maximum absolute atomic E-state index is 12.9. The lowest BCUT2D eigenvalue weighted by Crippen LogP contribution is -2.48. The van der Waals surface area contributed by atoms with Crippen LogP contribution in [0.2, 0.25) is 5.02 Å². The molecule has 0 fully saturated rings. The number of nitrogens with one attached hydrogen (secondary N) is 1. The fraction of sp³-hybridized carbons (Fsp3) is 0.217. The Labute approximate surface area is 186 Å². The molecule has 0 amide bonds. The van der Waals surface area contributed by atoms with E-state index in [2.05, 4.69) is 9.62 Å². The predicted octanol–water partition coefficient (Wildman–Crippen LogP) is 3.98. The minimum Gasteiger partial charge on any atom is -0.454 e. The van der Waals surface area contributed by atoms with Gasteiger partial charge in [-0.25, -0.2) is 13.1 Å². The number of anilines is 1. The van der Waals surface area contributed by atoms with Gasteiger partial charge in [0.05, 0.1) is 4.90 Å².